The summed E-state index contributed by atoms with van der Waals surface area (Å²) in [6.45, 7) is 3.55. The Balaban J connectivity index is 3.80. The number of hydrogen-bond acceptors (Lipinski definition) is 8. The summed E-state index contributed by atoms with van der Waals surface area (Å²) in [5, 5.41) is 0. The molecule has 91 heavy (non-hydrogen) atoms. The Morgan fingerprint density at radius 2 is 0.571 bits per heavy atom. The van der Waals surface area contributed by atoms with Gasteiger partial charge in [-0.2, -0.15) is 0 Å². The second-order valence-corrected chi connectivity index (χ2v) is 26.6. The maximum Gasteiger partial charge on any atom is 0.472 e. The van der Waals surface area contributed by atoms with Gasteiger partial charge in [0.05, 0.1) is 13.2 Å². The van der Waals surface area contributed by atoms with E-state index in [0.29, 0.717) is 6.42 Å². The van der Waals surface area contributed by atoms with Gasteiger partial charge in [0.25, 0.3) is 0 Å². The lowest BCUT2D eigenvalue weighted by Crippen LogP contribution is -2.29. The smallest absolute Gasteiger partial charge is 0.462 e. The molecule has 0 bridgehead atoms. The summed E-state index contributed by atoms with van der Waals surface area (Å²) in [5.74, 6) is -0.823. The zero-order chi connectivity index (χ0) is 65.8. The Labute approximate surface area is 561 Å². The highest BCUT2D eigenvalue weighted by Crippen LogP contribution is 2.43. The molecule has 2 atom stereocenters. The highest BCUT2D eigenvalue weighted by atomic mass is 31.2. The molecule has 0 saturated carbocycles. The minimum atomic E-state index is -4.40. The van der Waals surface area contributed by atoms with Gasteiger partial charge in [-0.15, -0.1) is 0 Å². The van der Waals surface area contributed by atoms with Crippen LogP contribution in [0.4, 0.5) is 0 Å². The van der Waals surface area contributed by atoms with Crippen molar-refractivity contribution < 1.29 is 37.6 Å². The van der Waals surface area contributed by atoms with Crippen LogP contribution in [0.25, 0.3) is 0 Å². The molecule has 0 aromatic heterocycles. The molecular formula is C81H142NO8P. The van der Waals surface area contributed by atoms with Crippen LogP contribution in [0.2, 0.25) is 0 Å². The largest absolute Gasteiger partial charge is 0.472 e. The molecule has 2 unspecified atom stereocenters. The molecule has 0 aromatic rings. The molecule has 0 aliphatic carbocycles. The van der Waals surface area contributed by atoms with Crippen LogP contribution in [0.5, 0.6) is 0 Å². The van der Waals surface area contributed by atoms with Gasteiger partial charge in [-0.3, -0.25) is 18.6 Å². The summed E-state index contributed by atoms with van der Waals surface area (Å²) in [5.41, 5.74) is 5.41. The maximum absolute atomic E-state index is 12.8. The SMILES string of the molecule is CC/C=C\C/C=C\C/C=C\C/C=C\C/C=C\C/C=C\CCCCCCCCCCCCC(=O)OC(COC(=O)CCCCCCCCCCCCCCCCCCCCCCCCCCCCCC/C=C\C/C=C\C/C=C\C/C=C\CC)COP(=O)(O)OCCN. The Hall–Kier alpha value is -3.59. The lowest BCUT2D eigenvalue weighted by atomic mass is 10.0. The van der Waals surface area contributed by atoms with Crippen molar-refractivity contribution in [1.82, 2.24) is 0 Å². The summed E-state index contributed by atoms with van der Waals surface area (Å²) >= 11 is 0. The maximum atomic E-state index is 12.8. The first-order valence-electron chi connectivity index (χ1n) is 38.0. The number of carbonyl (C=O) groups is 2. The Kier molecular flexibility index (Phi) is 72.5. The monoisotopic (exact) mass is 1290 g/mol. The van der Waals surface area contributed by atoms with E-state index in [1.54, 1.807) is 0 Å². The fourth-order valence-electron chi connectivity index (χ4n) is 10.8. The van der Waals surface area contributed by atoms with Crippen molar-refractivity contribution in [3.8, 4) is 0 Å². The van der Waals surface area contributed by atoms with Gasteiger partial charge in [0.2, 0.25) is 0 Å². The average molecular weight is 1290 g/mol. The first-order valence-corrected chi connectivity index (χ1v) is 39.5. The van der Waals surface area contributed by atoms with Crippen LogP contribution in [0.1, 0.15) is 348 Å². The first-order chi connectivity index (χ1) is 44.8. The number of ether oxygens (including phenoxy) is 2. The van der Waals surface area contributed by atoms with Crippen LogP contribution >= 0.6 is 7.82 Å². The molecule has 0 aliphatic heterocycles. The van der Waals surface area contributed by atoms with Crippen molar-refractivity contribution in [2.24, 2.45) is 5.73 Å². The Morgan fingerprint density at radius 3 is 0.846 bits per heavy atom. The van der Waals surface area contributed by atoms with Gasteiger partial charge in [0.1, 0.15) is 6.61 Å². The van der Waals surface area contributed by atoms with E-state index < -0.39 is 26.5 Å². The standard InChI is InChI=1S/C81H142NO8P/c1-3-5-7-9-11-13-15-17-19-21-23-25-27-29-31-33-34-35-36-37-38-39-40-41-42-43-44-46-47-49-51-53-55-57-59-61-63-65-67-69-71-73-80(83)87-77-79(78-89-91(85,86)88-76-75-82)90-81(84)74-72-70-68-66-64-62-60-58-56-54-52-50-48-45-32-30-28-26-24-22-20-18-16-14-12-10-8-6-4-2/h5-8,11-14,17-20,23-26,30,32,48,50,79H,3-4,9-10,15-16,21-22,27-29,31,33-47,49,51-78,82H2,1-2H3,(H,85,86)/b7-5-,8-6-,13-11-,14-12-,19-17-,20-18-,25-23-,26-24-,32-30-,50-48-. The molecule has 9 nitrogen and oxygen atoms in total. The fourth-order valence-corrected chi connectivity index (χ4v) is 11.6. The summed E-state index contributed by atoms with van der Waals surface area (Å²) in [7, 11) is -4.40. The lowest BCUT2D eigenvalue weighted by molar-refractivity contribution is -0.161. The van der Waals surface area contributed by atoms with E-state index in [0.717, 1.165) is 109 Å². The molecule has 0 radical (unpaired) electrons. The van der Waals surface area contributed by atoms with Crippen LogP contribution < -0.4 is 5.73 Å². The van der Waals surface area contributed by atoms with Crippen molar-refractivity contribution in [1.29, 1.82) is 0 Å². The number of phosphoric ester groups is 1. The van der Waals surface area contributed by atoms with Gasteiger partial charge in [-0.25, -0.2) is 4.57 Å². The van der Waals surface area contributed by atoms with Crippen LogP contribution in [0, 0.1) is 0 Å². The van der Waals surface area contributed by atoms with Gasteiger partial charge in [-0.05, 0) is 103 Å². The van der Waals surface area contributed by atoms with Crippen molar-refractivity contribution in [2.75, 3.05) is 26.4 Å². The third kappa shape index (κ3) is 75.3. The fraction of sp³-hybridized carbons (Fsp3) is 0.728. The number of unbranched alkanes of at least 4 members (excludes halogenated alkanes) is 38. The minimum absolute atomic E-state index is 0.0497. The van der Waals surface area contributed by atoms with Crippen molar-refractivity contribution in [3.05, 3.63) is 122 Å². The second-order valence-electron chi connectivity index (χ2n) is 25.1. The predicted molar refractivity (Wildman–Crippen MR) is 394 cm³/mol. The highest BCUT2D eigenvalue weighted by Gasteiger charge is 2.26. The molecule has 0 saturated heterocycles. The van der Waals surface area contributed by atoms with Gasteiger partial charge in [0.15, 0.2) is 6.10 Å². The number of nitrogens with two attached hydrogens (primary N) is 1. The first kappa shape index (κ1) is 87.4. The van der Waals surface area contributed by atoms with Crippen molar-refractivity contribution >= 4 is 19.8 Å². The quantitative estimate of drug-likeness (QED) is 0.0264. The van der Waals surface area contributed by atoms with Crippen LogP contribution in [-0.2, 0) is 32.7 Å². The van der Waals surface area contributed by atoms with Crippen molar-refractivity contribution in [2.45, 2.75) is 354 Å². The topological polar surface area (TPSA) is 134 Å². The van der Waals surface area contributed by atoms with E-state index in [9.17, 15) is 19.0 Å². The zero-order valence-corrected chi connectivity index (χ0v) is 59.9. The number of carbonyl (C=O) groups excluding carboxylic acids is 2. The Morgan fingerprint density at radius 1 is 0.330 bits per heavy atom. The number of hydrogen-bond donors (Lipinski definition) is 2. The molecule has 0 rings (SSSR count). The highest BCUT2D eigenvalue weighted by molar-refractivity contribution is 7.47. The van der Waals surface area contributed by atoms with Gasteiger partial charge < -0.3 is 20.1 Å². The normalized spacial score (nSPS) is 13.6. The van der Waals surface area contributed by atoms with E-state index >= 15 is 0 Å². The van der Waals surface area contributed by atoms with Gasteiger partial charge in [0, 0.05) is 19.4 Å². The van der Waals surface area contributed by atoms with Gasteiger partial charge >= 0.3 is 19.8 Å². The minimum Gasteiger partial charge on any atom is -0.462 e. The molecule has 0 fully saturated rings. The van der Waals surface area contributed by atoms with Crippen LogP contribution in [-0.4, -0.2) is 49.3 Å². The molecule has 10 heteroatoms. The number of phosphoric acid groups is 1. The number of rotatable bonds is 71. The molecule has 524 valence electrons. The third-order valence-corrected chi connectivity index (χ3v) is 17.3. The number of esters is 2. The van der Waals surface area contributed by atoms with E-state index in [4.69, 9.17) is 24.3 Å². The molecular weight excluding hydrogens is 1150 g/mol. The second kappa shape index (κ2) is 75.4. The summed E-state index contributed by atoms with van der Waals surface area (Å²) < 4.78 is 33.2. The van der Waals surface area contributed by atoms with E-state index in [2.05, 4.69) is 135 Å². The third-order valence-electron chi connectivity index (χ3n) is 16.3. The summed E-state index contributed by atoms with van der Waals surface area (Å²) in [6.07, 6.45) is 106. The molecule has 0 aromatic carbocycles. The van der Waals surface area contributed by atoms with E-state index in [-0.39, 0.29) is 38.6 Å². The van der Waals surface area contributed by atoms with E-state index in [1.165, 1.54) is 205 Å². The molecule has 0 amide bonds. The summed E-state index contributed by atoms with van der Waals surface area (Å²) in [4.78, 5) is 35.4. The van der Waals surface area contributed by atoms with Crippen molar-refractivity contribution in [3.63, 3.8) is 0 Å². The molecule has 0 heterocycles. The van der Waals surface area contributed by atoms with E-state index in [1.807, 2.05) is 0 Å². The summed E-state index contributed by atoms with van der Waals surface area (Å²) in [6, 6.07) is 0. The lowest BCUT2D eigenvalue weighted by Gasteiger charge is -2.19. The zero-order valence-electron chi connectivity index (χ0n) is 59.1. The molecule has 3 N–H and O–H groups in total. The van der Waals surface area contributed by atoms with Crippen LogP contribution in [0.3, 0.4) is 0 Å². The molecule has 0 spiro atoms. The predicted octanol–water partition coefficient (Wildman–Crippen LogP) is 25.4. The average Bonchev–Trinajstić information content (AvgIpc) is 3.68. The Bertz CT molecular complexity index is 1910. The molecule has 0 aliphatic rings. The van der Waals surface area contributed by atoms with Crippen LogP contribution in [0.15, 0.2) is 122 Å². The van der Waals surface area contributed by atoms with Gasteiger partial charge in [-0.1, -0.05) is 354 Å². The number of allylic oxidation sites excluding steroid dienone is 20.